The maximum Gasteiger partial charge on any atom is 0.261 e. The van der Waals surface area contributed by atoms with Crippen molar-refractivity contribution in [3.05, 3.63) is 29.8 Å². The van der Waals surface area contributed by atoms with Gasteiger partial charge in [-0.05, 0) is 43.4 Å². The highest BCUT2D eigenvalue weighted by molar-refractivity contribution is 8.13. The van der Waals surface area contributed by atoms with Crippen molar-refractivity contribution in [2.45, 2.75) is 37.0 Å². The predicted molar refractivity (Wildman–Crippen MR) is 78.2 cm³/mol. The lowest BCUT2D eigenvalue weighted by Crippen LogP contribution is -2.35. The minimum absolute atomic E-state index is 0.112. The van der Waals surface area contributed by atoms with Crippen LogP contribution in [0.1, 0.15) is 31.2 Å². The molecule has 1 amide bonds. The van der Waals surface area contributed by atoms with Crippen LogP contribution in [-0.4, -0.2) is 20.9 Å². The molecule has 0 aromatic heterocycles. The minimum Gasteiger partial charge on any atom is -0.356 e. The Hall–Kier alpha value is -1.07. The fourth-order valence-corrected chi connectivity index (χ4v) is 2.91. The number of carbonyl (C=O) groups is 1. The number of benzene rings is 1. The van der Waals surface area contributed by atoms with Gasteiger partial charge in [0.05, 0.1) is 4.90 Å². The second-order valence-electron chi connectivity index (χ2n) is 5.10. The van der Waals surface area contributed by atoms with Crippen molar-refractivity contribution in [1.82, 2.24) is 5.32 Å². The third-order valence-corrected chi connectivity index (χ3v) is 4.99. The summed E-state index contributed by atoms with van der Waals surface area (Å²) in [5.41, 5.74) is 1.03. The quantitative estimate of drug-likeness (QED) is 0.648. The van der Waals surface area contributed by atoms with Crippen LogP contribution in [0.5, 0.6) is 0 Å². The lowest BCUT2D eigenvalue weighted by molar-refractivity contribution is -0.127. The topological polar surface area (TPSA) is 63.2 Å². The molecule has 6 heteroatoms. The van der Waals surface area contributed by atoms with E-state index in [-0.39, 0.29) is 16.7 Å². The van der Waals surface area contributed by atoms with Crippen LogP contribution in [0.25, 0.3) is 0 Å². The molecule has 0 aliphatic heterocycles. The van der Waals surface area contributed by atoms with Gasteiger partial charge in [0.2, 0.25) is 5.91 Å². The zero-order valence-corrected chi connectivity index (χ0v) is 12.7. The summed E-state index contributed by atoms with van der Waals surface area (Å²) in [6, 6.07) is 6.52. The maximum absolute atomic E-state index is 11.6. The Bertz CT molecular complexity index is 565. The molecule has 1 N–H and O–H groups in total. The van der Waals surface area contributed by atoms with Crippen molar-refractivity contribution in [3.8, 4) is 0 Å². The van der Waals surface area contributed by atoms with Crippen LogP contribution >= 0.6 is 10.7 Å². The van der Waals surface area contributed by atoms with Crippen LogP contribution in [0.4, 0.5) is 0 Å². The highest BCUT2D eigenvalue weighted by Crippen LogP contribution is 2.26. The molecule has 0 heterocycles. The number of halogens is 1. The van der Waals surface area contributed by atoms with E-state index in [4.69, 9.17) is 10.7 Å². The van der Waals surface area contributed by atoms with Crippen molar-refractivity contribution < 1.29 is 13.2 Å². The van der Waals surface area contributed by atoms with Gasteiger partial charge >= 0.3 is 0 Å². The molecule has 1 aliphatic carbocycles. The molecule has 0 saturated heterocycles. The second kappa shape index (κ2) is 6.59. The van der Waals surface area contributed by atoms with E-state index in [1.54, 1.807) is 12.1 Å². The molecule has 1 saturated carbocycles. The van der Waals surface area contributed by atoms with Gasteiger partial charge in [-0.2, -0.15) is 0 Å². The first-order chi connectivity index (χ1) is 9.47. The SMILES string of the molecule is O=C(NCCCc1ccc(S(=O)(=O)Cl)cc1)C1CCC1. The van der Waals surface area contributed by atoms with E-state index in [1.807, 2.05) is 0 Å². The zero-order valence-electron chi connectivity index (χ0n) is 11.1. The van der Waals surface area contributed by atoms with Crippen LogP contribution < -0.4 is 5.32 Å². The summed E-state index contributed by atoms with van der Waals surface area (Å²) in [4.78, 5) is 11.7. The van der Waals surface area contributed by atoms with Gasteiger partial charge in [0.25, 0.3) is 9.05 Å². The van der Waals surface area contributed by atoms with Crippen molar-refractivity contribution in [3.63, 3.8) is 0 Å². The fourth-order valence-electron chi connectivity index (χ4n) is 2.14. The third kappa shape index (κ3) is 4.21. The first kappa shape index (κ1) is 15.3. The summed E-state index contributed by atoms with van der Waals surface area (Å²) in [6.45, 7) is 0.658. The van der Waals surface area contributed by atoms with Gasteiger partial charge in [-0.15, -0.1) is 0 Å². The highest BCUT2D eigenvalue weighted by Gasteiger charge is 2.24. The molecule has 0 radical (unpaired) electrons. The molecule has 4 nitrogen and oxygen atoms in total. The molecule has 1 aromatic carbocycles. The molecule has 0 unspecified atom stereocenters. The first-order valence-corrected chi connectivity index (χ1v) is 9.09. The van der Waals surface area contributed by atoms with Crippen molar-refractivity contribution in [2.24, 2.45) is 5.92 Å². The summed E-state index contributed by atoms with van der Waals surface area (Å²) in [7, 11) is 1.60. The molecule has 0 atom stereocenters. The summed E-state index contributed by atoms with van der Waals surface area (Å²) < 4.78 is 22.2. The maximum atomic E-state index is 11.6. The lowest BCUT2D eigenvalue weighted by Gasteiger charge is -2.23. The van der Waals surface area contributed by atoms with Crippen LogP contribution in [0.2, 0.25) is 0 Å². The van der Waals surface area contributed by atoms with E-state index in [0.717, 1.165) is 37.7 Å². The Morgan fingerprint density at radius 1 is 1.25 bits per heavy atom. The second-order valence-corrected chi connectivity index (χ2v) is 7.67. The summed E-state index contributed by atoms with van der Waals surface area (Å²) >= 11 is 0. The van der Waals surface area contributed by atoms with Gasteiger partial charge in [0.15, 0.2) is 0 Å². The van der Waals surface area contributed by atoms with Crippen molar-refractivity contribution >= 4 is 25.6 Å². The predicted octanol–water partition coefficient (Wildman–Crippen LogP) is 2.46. The fraction of sp³-hybridized carbons (Fsp3) is 0.500. The highest BCUT2D eigenvalue weighted by atomic mass is 35.7. The molecule has 0 bridgehead atoms. The normalized spacial score (nSPS) is 15.7. The molecule has 1 aliphatic rings. The Morgan fingerprint density at radius 3 is 2.40 bits per heavy atom. The Kier molecular flexibility index (Phi) is 5.05. The van der Waals surface area contributed by atoms with E-state index in [2.05, 4.69) is 5.32 Å². The molecule has 1 fully saturated rings. The van der Waals surface area contributed by atoms with E-state index >= 15 is 0 Å². The van der Waals surface area contributed by atoms with Crippen LogP contribution in [0, 0.1) is 5.92 Å². The van der Waals surface area contributed by atoms with Gasteiger partial charge in [-0.3, -0.25) is 4.79 Å². The molecular weight excluding hydrogens is 298 g/mol. The molecule has 0 spiro atoms. The minimum atomic E-state index is -3.65. The first-order valence-electron chi connectivity index (χ1n) is 6.78. The molecule has 20 heavy (non-hydrogen) atoms. The zero-order chi connectivity index (χ0) is 14.6. The number of aryl methyl sites for hydroxylation is 1. The molecule has 110 valence electrons. The van der Waals surface area contributed by atoms with Crippen LogP contribution in [0.15, 0.2) is 29.2 Å². The average molecular weight is 316 g/mol. The van der Waals surface area contributed by atoms with Crippen molar-refractivity contribution in [2.75, 3.05) is 6.54 Å². The molecule has 1 aromatic rings. The van der Waals surface area contributed by atoms with Crippen LogP contribution in [0.3, 0.4) is 0 Å². The van der Waals surface area contributed by atoms with E-state index < -0.39 is 9.05 Å². The van der Waals surface area contributed by atoms with Gasteiger partial charge in [-0.25, -0.2) is 8.42 Å². The smallest absolute Gasteiger partial charge is 0.261 e. The van der Waals surface area contributed by atoms with E-state index in [9.17, 15) is 13.2 Å². The largest absolute Gasteiger partial charge is 0.356 e. The van der Waals surface area contributed by atoms with Gasteiger partial charge < -0.3 is 5.32 Å². The van der Waals surface area contributed by atoms with E-state index in [1.165, 1.54) is 12.1 Å². The standard InChI is InChI=1S/C14H18ClNO3S/c15-20(18,19)13-8-6-11(7-9-13)3-2-10-16-14(17)12-4-1-5-12/h6-9,12H,1-5,10H2,(H,16,17). The Balaban J connectivity index is 1.72. The summed E-state index contributed by atoms with van der Waals surface area (Å²) in [5, 5.41) is 2.93. The lowest BCUT2D eigenvalue weighted by atomic mass is 9.85. The number of nitrogens with one attached hydrogen (secondary N) is 1. The number of amides is 1. The van der Waals surface area contributed by atoms with Gasteiger partial charge in [0.1, 0.15) is 0 Å². The summed E-state index contributed by atoms with van der Waals surface area (Å²) in [5.74, 6) is 0.392. The van der Waals surface area contributed by atoms with Crippen LogP contribution in [-0.2, 0) is 20.3 Å². The van der Waals surface area contributed by atoms with Gasteiger partial charge in [0, 0.05) is 23.1 Å². The Labute approximate surface area is 123 Å². The van der Waals surface area contributed by atoms with Gasteiger partial charge in [-0.1, -0.05) is 18.6 Å². The Morgan fingerprint density at radius 2 is 1.90 bits per heavy atom. The average Bonchev–Trinajstić information content (AvgIpc) is 2.32. The summed E-state index contributed by atoms with van der Waals surface area (Å²) in [6.07, 6.45) is 4.83. The van der Waals surface area contributed by atoms with E-state index in [0.29, 0.717) is 6.54 Å². The number of carbonyl (C=O) groups excluding carboxylic acids is 1. The molecule has 2 rings (SSSR count). The van der Waals surface area contributed by atoms with Crippen molar-refractivity contribution in [1.29, 1.82) is 0 Å². The number of hydrogen-bond acceptors (Lipinski definition) is 3. The number of rotatable bonds is 6. The molecular formula is C14H18ClNO3S. The third-order valence-electron chi connectivity index (χ3n) is 3.62. The monoisotopic (exact) mass is 315 g/mol. The number of hydrogen-bond donors (Lipinski definition) is 1.